The molecule has 0 radical (unpaired) electrons. The second-order valence-corrected chi connectivity index (χ2v) is 21.1. The monoisotopic (exact) mass is 760 g/mol. The average molecular weight is 762 g/mol. The number of hydrogen-bond donors (Lipinski definition) is 0. The Morgan fingerprint density at radius 2 is 1.47 bits per heavy atom. The molecule has 8 nitrogen and oxygen atoms in total. The van der Waals surface area contributed by atoms with Crippen LogP contribution >= 0.6 is 15.9 Å². The molecule has 1 aliphatic heterocycles. The summed E-state index contributed by atoms with van der Waals surface area (Å²) in [4.78, 5) is 42.6. The highest BCUT2D eigenvalue weighted by atomic mass is 79.9. The van der Waals surface area contributed by atoms with Crippen molar-refractivity contribution in [3.63, 3.8) is 0 Å². The lowest BCUT2D eigenvalue weighted by Gasteiger charge is -2.39. The SMILES string of the molecule is CC(C)(C)OC(=O)N1CC(C(=O)c2ccccc2CCO[Si](C)(C)C(C)(C)C)C1.CCCc1ccccc1Br.CON(C)C(=O)C1CCC1. The molecule has 1 saturated heterocycles. The zero-order valence-electron chi connectivity index (χ0n) is 31.9. The molecule has 10 heteroatoms. The lowest BCUT2D eigenvalue weighted by molar-refractivity contribution is -0.176. The normalized spacial score (nSPS) is 15.1. The lowest BCUT2D eigenvalue weighted by Crippen LogP contribution is -2.54. The molecule has 0 unspecified atom stereocenters. The number of Topliss-reactive ketones (excluding diaryl/α,β-unsaturated/α-hetero) is 1. The Hall–Kier alpha value is -2.53. The number of ether oxygens (including phenoxy) is 1. The topological polar surface area (TPSA) is 85.4 Å². The lowest BCUT2D eigenvalue weighted by atomic mass is 9.85. The number of carbonyl (C=O) groups is 3. The van der Waals surface area contributed by atoms with Crippen molar-refractivity contribution in [2.45, 2.75) is 111 Å². The molecule has 2 aromatic carbocycles. The van der Waals surface area contributed by atoms with Gasteiger partial charge < -0.3 is 14.1 Å². The van der Waals surface area contributed by atoms with Crippen LogP contribution in [0.15, 0.2) is 53.0 Å². The molecule has 2 aliphatic rings. The van der Waals surface area contributed by atoms with E-state index in [-0.39, 0.29) is 34.7 Å². The Labute approximate surface area is 305 Å². The van der Waals surface area contributed by atoms with Gasteiger partial charge in [0.1, 0.15) is 5.60 Å². The molecule has 0 aromatic heterocycles. The summed E-state index contributed by atoms with van der Waals surface area (Å²) in [5.41, 5.74) is 2.65. The first-order valence-corrected chi connectivity index (χ1v) is 21.3. The number of nitrogens with zero attached hydrogens (tertiary/aromatic N) is 2. The zero-order valence-corrected chi connectivity index (χ0v) is 34.4. The number of aryl methyl sites for hydroxylation is 1. The van der Waals surface area contributed by atoms with Crippen molar-refractivity contribution < 1.29 is 28.4 Å². The van der Waals surface area contributed by atoms with E-state index in [4.69, 9.17) is 14.0 Å². The largest absolute Gasteiger partial charge is 0.444 e. The molecule has 2 aromatic rings. The van der Waals surface area contributed by atoms with Gasteiger partial charge in [-0.15, -0.1) is 0 Å². The van der Waals surface area contributed by atoms with Crippen molar-refractivity contribution in [2.75, 3.05) is 33.9 Å². The van der Waals surface area contributed by atoms with Crippen LogP contribution in [-0.4, -0.2) is 75.5 Å². The number of hydrogen-bond acceptors (Lipinski definition) is 6. The van der Waals surface area contributed by atoms with E-state index in [0.717, 1.165) is 30.4 Å². The summed E-state index contributed by atoms with van der Waals surface area (Å²) in [7, 11) is 1.36. The third-order valence-corrected chi connectivity index (χ3v) is 14.7. The predicted octanol–water partition coefficient (Wildman–Crippen LogP) is 9.51. The summed E-state index contributed by atoms with van der Waals surface area (Å²) < 4.78 is 12.9. The van der Waals surface area contributed by atoms with Gasteiger partial charge in [0.15, 0.2) is 14.1 Å². The van der Waals surface area contributed by atoms with E-state index in [0.29, 0.717) is 19.7 Å². The number of benzene rings is 2. The number of likely N-dealkylation sites (tertiary alicyclic amines) is 1. The smallest absolute Gasteiger partial charge is 0.410 e. The van der Waals surface area contributed by atoms with E-state index in [1.165, 1.54) is 41.5 Å². The maximum absolute atomic E-state index is 13.0. The van der Waals surface area contributed by atoms with Crippen LogP contribution in [0.2, 0.25) is 18.1 Å². The van der Waals surface area contributed by atoms with Crippen molar-refractivity contribution >= 4 is 42.0 Å². The van der Waals surface area contributed by atoms with Crippen LogP contribution in [0.5, 0.6) is 0 Å². The number of amides is 2. The molecule has 1 saturated carbocycles. The second-order valence-electron chi connectivity index (χ2n) is 15.4. The Kier molecular flexibility index (Phi) is 16.7. The minimum Gasteiger partial charge on any atom is -0.444 e. The van der Waals surface area contributed by atoms with E-state index in [9.17, 15) is 14.4 Å². The van der Waals surface area contributed by atoms with Crippen molar-refractivity contribution in [3.8, 4) is 0 Å². The molecule has 0 N–H and O–H groups in total. The minimum atomic E-state index is -1.81. The molecular weight excluding hydrogens is 700 g/mol. The summed E-state index contributed by atoms with van der Waals surface area (Å²) in [6.07, 6.45) is 6.01. The third-order valence-electron chi connectivity index (χ3n) is 9.34. The second kappa shape index (κ2) is 19.2. The average Bonchev–Trinajstić information content (AvgIpc) is 2.95. The fraction of sp³-hybridized carbons (Fsp3) is 0.615. The summed E-state index contributed by atoms with van der Waals surface area (Å²) in [5, 5.41) is 1.48. The summed E-state index contributed by atoms with van der Waals surface area (Å²) in [6.45, 7) is 20.3. The van der Waals surface area contributed by atoms with E-state index in [2.05, 4.69) is 74.9 Å². The van der Waals surface area contributed by atoms with E-state index >= 15 is 0 Å². The van der Waals surface area contributed by atoms with Crippen molar-refractivity contribution in [1.29, 1.82) is 0 Å². The molecular formula is C39H61BrN2O6Si. The highest BCUT2D eigenvalue weighted by Gasteiger charge is 2.39. The molecule has 2 amide bonds. The maximum Gasteiger partial charge on any atom is 0.410 e. The first-order valence-electron chi connectivity index (χ1n) is 17.6. The van der Waals surface area contributed by atoms with Gasteiger partial charge in [-0.25, -0.2) is 9.86 Å². The van der Waals surface area contributed by atoms with Crippen molar-refractivity contribution in [3.05, 3.63) is 69.7 Å². The fourth-order valence-electron chi connectivity index (χ4n) is 4.92. The van der Waals surface area contributed by atoms with E-state index in [1.807, 2.05) is 51.1 Å². The number of rotatable bonds is 10. The summed E-state index contributed by atoms with van der Waals surface area (Å²) in [5.74, 6) is 0.302. The first-order chi connectivity index (χ1) is 22.8. The Morgan fingerprint density at radius 1 is 0.898 bits per heavy atom. The quantitative estimate of drug-likeness (QED) is 0.136. The van der Waals surface area contributed by atoms with Gasteiger partial charge in [0.25, 0.3) is 0 Å². The molecule has 4 rings (SSSR count). The van der Waals surface area contributed by atoms with E-state index in [1.54, 1.807) is 11.9 Å². The highest BCUT2D eigenvalue weighted by molar-refractivity contribution is 9.10. The zero-order chi connectivity index (χ0) is 37.0. The van der Waals surface area contributed by atoms with Gasteiger partial charge in [-0.05, 0) is 81.8 Å². The van der Waals surface area contributed by atoms with Crippen molar-refractivity contribution in [1.82, 2.24) is 9.96 Å². The van der Waals surface area contributed by atoms with Gasteiger partial charge >= 0.3 is 6.09 Å². The molecule has 0 atom stereocenters. The van der Waals surface area contributed by atoms with Crippen LogP contribution in [0.25, 0.3) is 0 Å². The van der Waals surface area contributed by atoms with Gasteiger partial charge in [0.2, 0.25) is 5.91 Å². The molecule has 274 valence electrons. The molecule has 0 bridgehead atoms. The van der Waals surface area contributed by atoms with Crippen LogP contribution in [0.1, 0.15) is 95.6 Å². The molecule has 49 heavy (non-hydrogen) atoms. The van der Waals surface area contributed by atoms with Gasteiger partial charge in [0, 0.05) is 42.7 Å². The van der Waals surface area contributed by atoms with E-state index < -0.39 is 13.9 Å². The van der Waals surface area contributed by atoms with Gasteiger partial charge in [-0.3, -0.25) is 14.4 Å². The van der Waals surface area contributed by atoms with Crippen LogP contribution < -0.4 is 0 Å². The third kappa shape index (κ3) is 13.6. The Morgan fingerprint density at radius 3 is 1.96 bits per heavy atom. The van der Waals surface area contributed by atoms with Crippen molar-refractivity contribution in [2.24, 2.45) is 11.8 Å². The van der Waals surface area contributed by atoms with Crippen LogP contribution in [0.3, 0.4) is 0 Å². The van der Waals surface area contributed by atoms with Gasteiger partial charge in [0.05, 0.1) is 13.0 Å². The first kappa shape index (κ1) is 42.6. The Balaban J connectivity index is 0.000000335. The standard InChI is InChI=1S/C23H37NO4Si.C9H11Br.C7H13NO2/c1-22(2,3)28-21(26)24-15-18(16-24)20(25)19-12-10-9-11-17(19)13-14-27-29(7,8)23(4,5)6;1-2-5-8-6-3-4-7-9(8)10;1-8(10-2)7(9)6-4-3-5-6/h9-12,18H,13-16H2,1-8H3;3-4,6-7H,2,5H2,1H3;6H,3-5H2,1-2H3. The van der Waals surface area contributed by atoms with Crippen LogP contribution in [0, 0.1) is 11.8 Å². The summed E-state index contributed by atoms with van der Waals surface area (Å²) in [6, 6.07) is 16.1. The highest BCUT2D eigenvalue weighted by Crippen LogP contribution is 2.36. The van der Waals surface area contributed by atoms with Crippen LogP contribution in [0.4, 0.5) is 4.79 Å². The summed E-state index contributed by atoms with van der Waals surface area (Å²) >= 11 is 3.50. The number of halogens is 1. The van der Waals surface area contributed by atoms with Crippen LogP contribution in [-0.2, 0) is 31.6 Å². The molecule has 1 heterocycles. The maximum atomic E-state index is 13.0. The number of ketones is 1. The van der Waals surface area contributed by atoms with Gasteiger partial charge in [-0.1, -0.05) is 98.9 Å². The molecule has 0 spiro atoms. The fourth-order valence-corrected chi connectivity index (χ4v) is 6.45. The predicted molar refractivity (Wildman–Crippen MR) is 204 cm³/mol. The number of carbonyl (C=O) groups excluding carboxylic acids is 3. The number of hydroxylamine groups is 2. The molecule has 1 aliphatic carbocycles. The van der Waals surface area contributed by atoms with Gasteiger partial charge in [-0.2, -0.15) is 0 Å². The minimum absolute atomic E-state index is 0.104. The molecule has 2 fully saturated rings. The Bertz CT molecular complexity index is 1350.